The van der Waals surface area contributed by atoms with E-state index in [4.69, 9.17) is 9.90 Å². The molecular weight excluding hydrogens is 96.0 g/mol. The highest BCUT2D eigenvalue weighted by Gasteiger charge is 1.80. The van der Waals surface area contributed by atoms with Gasteiger partial charge in [-0.3, -0.25) is 0 Å². The Morgan fingerprint density at radius 3 is 1.86 bits per heavy atom. The maximum Gasteiger partial charge on any atom is 0.505 e. The van der Waals surface area contributed by atoms with Crippen LogP contribution in [0.2, 0.25) is 0 Å². The lowest BCUT2D eigenvalue weighted by atomic mass is 11.3. The van der Waals surface area contributed by atoms with Gasteiger partial charge >= 0.3 is 6.16 Å². The Morgan fingerprint density at radius 1 is 1.71 bits per heavy atom. The molecule has 1 N–H and O–H groups in total. The Hall–Kier alpha value is -0.990. The van der Waals surface area contributed by atoms with E-state index in [1.807, 2.05) is 0 Å². The molecule has 0 heterocycles. The number of hydrogen-bond donors (Lipinski definition) is 1. The summed E-state index contributed by atoms with van der Waals surface area (Å²) in [5.74, 6) is 0. The van der Waals surface area contributed by atoms with E-state index in [2.05, 4.69) is 17.9 Å². The van der Waals surface area contributed by atoms with Crippen molar-refractivity contribution in [2.45, 2.75) is 0 Å². The Bertz CT molecular complexity index is 50.9. The normalized spacial score (nSPS) is 5.29. The molecule has 0 saturated heterocycles. The molecule has 0 spiro atoms. The molecule has 42 valence electrons. The third kappa shape index (κ3) is 44.5. The van der Waals surface area contributed by atoms with Gasteiger partial charge in [0.25, 0.3) is 0 Å². The molecule has 0 unspecified atom stereocenters. The number of methoxy groups -OCH3 is 1. The molecule has 0 amide bonds. The van der Waals surface area contributed by atoms with Crippen molar-refractivity contribution >= 4 is 6.16 Å². The van der Waals surface area contributed by atoms with Gasteiger partial charge in [-0.25, -0.2) is 4.79 Å². The average molecular weight is 104 g/mol. The minimum absolute atomic E-state index is 1.10. The predicted octanol–water partition coefficient (Wildman–Crippen LogP) is 1.11. The largest absolute Gasteiger partial charge is 0.505 e. The van der Waals surface area contributed by atoms with E-state index in [9.17, 15) is 0 Å². The minimum Gasteiger partial charge on any atom is -0.450 e. The van der Waals surface area contributed by atoms with Crippen molar-refractivity contribution in [3.05, 3.63) is 13.2 Å². The standard InChI is InChI=1S/C2H4O3.C2H4/c1-5-2(3)4;1-2/h1H3,(H,3,4);1-2H2. The van der Waals surface area contributed by atoms with Crippen LogP contribution in [0.3, 0.4) is 0 Å². The fourth-order valence-electron chi connectivity index (χ4n) is 0. The second kappa shape index (κ2) is 8.89. The first kappa shape index (κ1) is 9.38. The molecule has 0 saturated carbocycles. The summed E-state index contributed by atoms with van der Waals surface area (Å²) in [5.41, 5.74) is 0. The maximum absolute atomic E-state index is 9.15. The van der Waals surface area contributed by atoms with E-state index in [-0.39, 0.29) is 0 Å². The molecule has 0 radical (unpaired) electrons. The number of carboxylic acid groups (broad SMARTS) is 1. The number of rotatable bonds is 0. The molecule has 0 aliphatic rings. The number of hydrogen-bond acceptors (Lipinski definition) is 2. The maximum atomic E-state index is 9.15. The van der Waals surface area contributed by atoms with Crippen LogP contribution >= 0.6 is 0 Å². The molecule has 0 bridgehead atoms. The average Bonchev–Trinajstić information content (AvgIpc) is 1.73. The molecule has 0 fully saturated rings. The van der Waals surface area contributed by atoms with Crippen LogP contribution in [0.25, 0.3) is 0 Å². The first-order chi connectivity index (χ1) is 3.27. The monoisotopic (exact) mass is 104 g/mol. The van der Waals surface area contributed by atoms with Crippen LogP contribution in [0.4, 0.5) is 4.79 Å². The van der Waals surface area contributed by atoms with Gasteiger partial charge < -0.3 is 9.84 Å². The van der Waals surface area contributed by atoms with E-state index in [1.165, 1.54) is 0 Å². The summed E-state index contributed by atoms with van der Waals surface area (Å²) in [4.78, 5) is 9.15. The Kier molecular flexibility index (Phi) is 11.9. The van der Waals surface area contributed by atoms with Crippen molar-refractivity contribution in [2.75, 3.05) is 7.11 Å². The molecule has 0 aromatic carbocycles. The van der Waals surface area contributed by atoms with Crippen molar-refractivity contribution in [1.29, 1.82) is 0 Å². The topological polar surface area (TPSA) is 46.5 Å². The van der Waals surface area contributed by atoms with Crippen molar-refractivity contribution in [1.82, 2.24) is 0 Å². The Balaban J connectivity index is 0. The second-order valence-electron chi connectivity index (χ2n) is 0.470. The van der Waals surface area contributed by atoms with E-state index >= 15 is 0 Å². The van der Waals surface area contributed by atoms with Crippen LogP contribution in [-0.4, -0.2) is 18.4 Å². The summed E-state index contributed by atoms with van der Waals surface area (Å²) >= 11 is 0. The summed E-state index contributed by atoms with van der Waals surface area (Å²) in [6.07, 6.45) is -1.25. The Morgan fingerprint density at radius 2 is 1.86 bits per heavy atom. The van der Waals surface area contributed by atoms with Crippen molar-refractivity contribution < 1.29 is 14.6 Å². The molecule has 0 atom stereocenters. The van der Waals surface area contributed by atoms with Gasteiger partial charge in [-0.15, -0.1) is 13.2 Å². The van der Waals surface area contributed by atoms with Crippen LogP contribution in [-0.2, 0) is 4.74 Å². The van der Waals surface area contributed by atoms with Crippen molar-refractivity contribution in [3.8, 4) is 0 Å². The smallest absolute Gasteiger partial charge is 0.450 e. The Labute approximate surface area is 42.2 Å². The quantitative estimate of drug-likeness (QED) is 0.370. The summed E-state index contributed by atoms with van der Waals surface area (Å²) < 4.78 is 3.67. The summed E-state index contributed by atoms with van der Waals surface area (Å²) in [7, 11) is 1.10. The molecule has 0 aliphatic heterocycles. The van der Waals surface area contributed by atoms with Crippen LogP contribution in [0, 0.1) is 0 Å². The van der Waals surface area contributed by atoms with Gasteiger partial charge in [0.2, 0.25) is 0 Å². The van der Waals surface area contributed by atoms with Crippen molar-refractivity contribution in [3.63, 3.8) is 0 Å². The number of carbonyl (C=O) groups is 1. The molecule has 3 heteroatoms. The van der Waals surface area contributed by atoms with E-state index < -0.39 is 6.16 Å². The number of ether oxygens (including phenoxy) is 1. The molecule has 0 aromatic rings. The van der Waals surface area contributed by atoms with Gasteiger partial charge in [-0.05, 0) is 0 Å². The highest BCUT2D eigenvalue weighted by Crippen LogP contribution is 1.60. The second-order valence-corrected chi connectivity index (χ2v) is 0.470. The zero-order valence-electron chi connectivity index (χ0n) is 4.18. The fraction of sp³-hybridized carbons (Fsp3) is 0.250. The molecule has 0 aromatic heterocycles. The lowest BCUT2D eigenvalue weighted by molar-refractivity contribution is 0.114. The molecule has 0 rings (SSSR count). The zero-order chi connectivity index (χ0) is 6.28. The molecular formula is C4H8O3. The molecule has 7 heavy (non-hydrogen) atoms. The minimum atomic E-state index is -1.25. The first-order valence-electron chi connectivity index (χ1n) is 1.54. The van der Waals surface area contributed by atoms with Crippen LogP contribution in [0.5, 0.6) is 0 Å². The van der Waals surface area contributed by atoms with Crippen molar-refractivity contribution in [2.24, 2.45) is 0 Å². The fourth-order valence-corrected chi connectivity index (χ4v) is 0. The van der Waals surface area contributed by atoms with E-state index in [0.717, 1.165) is 7.11 Å². The predicted molar refractivity (Wildman–Crippen MR) is 26.3 cm³/mol. The first-order valence-corrected chi connectivity index (χ1v) is 1.54. The van der Waals surface area contributed by atoms with Gasteiger partial charge in [0.1, 0.15) is 0 Å². The zero-order valence-corrected chi connectivity index (χ0v) is 4.18. The molecule has 0 aliphatic carbocycles. The highest BCUT2D eigenvalue weighted by atomic mass is 16.6. The lowest BCUT2D eigenvalue weighted by Gasteiger charge is -1.79. The van der Waals surface area contributed by atoms with E-state index in [1.54, 1.807) is 0 Å². The van der Waals surface area contributed by atoms with Gasteiger partial charge in [0.15, 0.2) is 0 Å². The lowest BCUT2D eigenvalue weighted by Crippen LogP contribution is -1.91. The van der Waals surface area contributed by atoms with Gasteiger partial charge in [-0.2, -0.15) is 0 Å². The molecule has 3 nitrogen and oxygen atoms in total. The third-order valence-corrected chi connectivity index (χ3v) is 0.175. The summed E-state index contributed by atoms with van der Waals surface area (Å²) in [6, 6.07) is 0. The van der Waals surface area contributed by atoms with Crippen LogP contribution in [0.1, 0.15) is 0 Å². The summed E-state index contributed by atoms with van der Waals surface area (Å²) in [5, 5.41) is 7.50. The highest BCUT2D eigenvalue weighted by molar-refractivity contribution is 5.56. The van der Waals surface area contributed by atoms with Crippen LogP contribution in [0.15, 0.2) is 13.2 Å². The van der Waals surface area contributed by atoms with E-state index in [0.29, 0.717) is 0 Å². The van der Waals surface area contributed by atoms with Gasteiger partial charge in [0.05, 0.1) is 7.11 Å². The van der Waals surface area contributed by atoms with Gasteiger partial charge in [0, 0.05) is 0 Å². The van der Waals surface area contributed by atoms with Gasteiger partial charge in [-0.1, -0.05) is 0 Å². The SMILES string of the molecule is C=C.COC(=O)O. The summed E-state index contributed by atoms with van der Waals surface area (Å²) in [6.45, 7) is 6.00. The third-order valence-electron chi connectivity index (χ3n) is 0.175. The van der Waals surface area contributed by atoms with Crippen LogP contribution < -0.4 is 0 Å².